The van der Waals surface area contributed by atoms with E-state index in [-0.39, 0.29) is 11.9 Å². The van der Waals surface area contributed by atoms with Gasteiger partial charge in [-0.25, -0.2) is 0 Å². The highest BCUT2D eigenvalue weighted by molar-refractivity contribution is 6.30. The molecule has 21 heavy (non-hydrogen) atoms. The number of carbonyl (C=O) groups excluding carboxylic acids is 1. The molecule has 1 aliphatic rings. The first-order valence-corrected chi connectivity index (χ1v) is 7.04. The zero-order valence-electron chi connectivity index (χ0n) is 11.2. The van der Waals surface area contributed by atoms with E-state index < -0.39 is 0 Å². The number of rotatable bonds is 3. The van der Waals surface area contributed by atoms with Crippen LogP contribution in [0.5, 0.6) is 5.75 Å². The Hall–Kier alpha value is -2.20. The van der Waals surface area contributed by atoms with E-state index in [1.165, 1.54) is 6.08 Å². The molecule has 0 aliphatic carbocycles. The van der Waals surface area contributed by atoms with Crippen LogP contribution in [0.2, 0.25) is 5.02 Å². The Kier molecular flexibility index (Phi) is 3.97. The van der Waals surface area contributed by atoms with Crippen LogP contribution in [0.4, 0.5) is 0 Å². The Bertz CT molecular complexity index is 664. The fourth-order valence-electron chi connectivity index (χ4n) is 2.28. The minimum Gasteiger partial charge on any atom is -0.493 e. The molecule has 1 atom stereocenters. The topological polar surface area (TPSA) is 51.5 Å². The van der Waals surface area contributed by atoms with Crippen LogP contribution in [0.3, 0.4) is 0 Å². The monoisotopic (exact) mass is 303 g/mol. The summed E-state index contributed by atoms with van der Waals surface area (Å²) in [5.41, 5.74) is 0.911. The van der Waals surface area contributed by atoms with E-state index in [4.69, 9.17) is 20.8 Å². The van der Waals surface area contributed by atoms with Crippen molar-refractivity contribution in [3.8, 4) is 5.75 Å². The highest BCUT2D eigenvalue weighted by Gasteiger charge is 2.22. The predicted molar refractivity (Wildman–Crippen MR) is 80.2 cm³/mol. The van der Waals surface area contributed by atoms with Crippen molar-refractivity contribution in [2.45, 2.75) is 12.5 Å². The second-order valence-electron chi connectivity index (χ2n) is 4.73. The summed E-state index contributed by atoms with van der Waals surface area (Å²) < 4.78 is 10.7. The van der Waals surface area contributed by atoms with Gasteiger partial charge in [0.25, 0.3) is 0 Å². The van der Waals surface area contributed by atoms with Gasteiger partial charge in [0.2, 0.25) is 5.91 Å². The number of fused-ring (bicyclic) bond motifs is 1. The van der Waals surface area contributed by atoms with Gasteiger partial charge in [0, 0.05) is 23.1 Å². The number of hydrogen-bond donors (Lipinski definition) is 1. The lowest BCUT2D eigenvalue weighted by atomic mass is 10.0. The van der Waals surface area contributed by atoms with Crippen LogP contribution in [0.1, 0.15) is 23.8 Å². The molecule has 0 radical (unpaired) electrons. The molecule has 108 valence electrons. The summed E-state index contributed by atoms with van der Waals surface area (Å²) in [4.78, 5) is 12.0. The van der Waals surface area contributed by atoms with Crippen LogP contribution < -0.4 is 10.1 Å². The molecule has 0 saturated carbocycles. The molecule has 2 aromatic rings. The maximum absolute atomic E-state index is 12.0. The molecular formula is C16H14ClNO3. The molecule has 2 heterocycles. The van der Waals surface area contributed by atoms with Crippen LogP contribution in [0.15, 0.2) is 47.1 Å². The van der Waals surface area contributed by atoms with E-state index in [1.54, 1.807) is 30.5 Å². The fraction of sp³-hybridized carbons (Fsp3) is 0.188. The number of amides is 1. The lowest BCUT2D eigenvalue weighted by Gasteiger charge is -2.26. The number of hydrogen-bond acceptors (Lipinski definition) is 3. The molecule has 1 amide bonds. The van der Waals surface area contributed by atoms with Crippen molar-refractivity contribution in [3.63, 3.8) is 0 Å². The van der Waals surface area contributed by atoms with Crippen molar-refractivity contribution >= 4 is 23.6 Å². The third kappa shape index (κ3) is 3.28. The molecule has 1 aliphatic heterocycles. The highest BCUT2D eigenvalue weighted by atomic mass is 35.5. The van der Waals surface area contributed by atoms with Gasteiger partial charge in [-0.3, -0.25) is 4.79 Å². The first kappa shape index (κ1) is 13.8. The van der Waals surface area contributed by atoms with Gasteiger partial charge in [0.1, 0.15) is 11.5 Å². The molecule has 4 nitrogen and oxygen atoms in total. The van der Waals surface area contributed by atoms with Crippen LogP contribution in [0, 0.1) is 0 Å². The molecule has 1 unspecified atom stereocenters. The molecule has 5 heteroatoms. The maximum Gasteiger partial charge on any atom is 0.244 e. The summed E-state index contributed by atoms with van der Waals surface area (Å²) in [6.45, 7) is 0.571. The van der Waals surface area contributed by atoms with Crippen molar-refractivity contribution in [3.05, 3.63) is 59.0 Å². The van der Waals surface area contributed by atoms with E-state index in [9.17, 15) is 4.79 Å². The van der Waals surface area contributed by atoms with Crippen molar-refractivity contribution in [2.75, 3.05) is 6.61 Å². The summed E-state index contributed by atoms with van der Waals surface area (Å²) in [5, 5.41) is 3.59. The molecule has 0 spiro atoms. The smallest absolute Gasteiger partial charge is 0.244 e. The normalized spacial score (nSPS) is 17.3. The zero-order chi connectivity index (χ0) is 14.7. The zero-order valence-corrected chi connectivity index (χ0v) is 12.0. The number of benzene rings is 1. The van der Waals surface area contributed by atoms with Crippen LogP contribution in [-0.2, 0) is 4.79 Å². The Labute approximate surface area is 127 Å². The Morgan fingerprint density at radius 1 is 1.38 bits per heavy atom. The average Bonchev–Trinajstić information content (AvgIpc) is 2.99. The molecule has 3 rings (SSSR count). The first-order valence-electron chi connectivity index (χ1n) is 6.67. The summed E-state index contributed by atoms with van der Waals surface area (Å²) in [6.07, 6.45) is 5.37. The van der Waals surface area contributed by atoms with Crippen LogP contribution in [0.25, 0.3) is 6.08 Å². The lowest BCUT2D eigenvalue weighted by Crippen LogP contribution is -2.30. The minimum atomic E-state index is -0.177. The van der Waals surface area contributed by atoms with Crippen molar-refractivity contribution < 1.29 is 13.9 Å². The van der Waals surface area contributed by atoms with Gasteiger partial charge in [-0.05, 0) is 36.4 Å². The summed E-state index contributed by atoms with van der Waals surface area (Å²) in [5.74, 6) is 1.23. The van der Waals surface area contributed by atoms with Gasteiger partial charge in [-0.15, -0.1) is 0 Å². The summed E-state index contributed by atoms with van der Waals surface area (Å²) in [7, 11) is 0. The number of carbonyl (C=O) groups is 1. The van der Waals surface area contributed by atoms with Crippen molar-refractivity contribution in [2.24, 2.45) is 0 Å². The molecule has 0 fully saturated rings. The summed E-state index contributed by atoms with van der Waals surface area (Å²) >= 11 is 6.01. The molecule has 1 aromatic heterocycles. The second kappa shape index (κ2) is 6.06. The molecular weight excluding hydrogens is 290 g/mol. The Morgan fingerprint density at radius 2 is 2.29 bits per heavy atom. The first-order chi connectivity index (χ1) is 10.2. The van der Waals surface area contributed by atoms with Gasteiger partial charge in [-0.1, -0.05) is 11.6 Å². The largest absolute Gasteiger partial charge is 0.493 e. The van der Waals surface area contributed by atoms with Crippen molar-refractivity contribution in [1.29, 1.82) is 0 Å². The maximum atomic E-state index is 12.0. The molecule has 0 bridgehead atoms. The minimum absolute atomic E-state index is 0.0961. The quantitative estimate of drug-likeness (QED) is 0.882. The molecule has 1 N–H and O–H groups in total. The number of furan rings is 1. The van der Waals surface area contributed by atoms with Gasteiger partial charge in [-0.2, -0.15) is 0 Å². The third-order valence-electron chi connectivity index (χ3n) is 3.27. The van der Waals surface area contributed by atoms with Gasteiger partial charge < -0.3 is 14.5 Å². The van der Waals surface area contributed by atoms with E-state index >= 15 is 0 Å². The second-order valence-corrected chi connectivity index (χ2v) is 5.17. The van der Waals surface area contributed by atoms with Crippen LogP contribution >= 0.6 is 11.6 Å². The predicted octanol–water partition coefficient (Wildman–Crippen LogP) is 3.59. The number of nitrogens with one attached hydrogen (secondary N) is 1. The SMILES string of the molecule is O=C(/C=C/c1ccco1)NC1CCOc2ccc(Cl)cc21. The van der Waals surface area contributed by atoms with Crippen LogP contribution in [-0.4, -0.2) is 12.5 Å². The van der Waals surface area contributed by atoms with Crippen molar-refractivity contribution in [1.82, 2.24) is 5.32 Å². The van der Waals surface area contributed by atoms with E-state index in [2.05, 4.69) is 5.32 Å². The molecule has 0 saturated heterocycles. The third-order valence-corrected chi connectivity index (χ3v) is 3.51. The Morgan fingerprint density at radius 3 is 3.10 bits per heavy atom. The average molecular weight is 304 g/mol. The molecule has 1 aromatic carbocycles. The van der Waals surface area contributed by atoms with Gasteiger partial charge in [0.15, 0.2) is 0 Å². The summed E-state index contributed by atoms with van der Waals surface area (Å²) in [6, 6.07) is 8.90. The standard InChI is InChI=1S/C16H14ClNO3/c17-11-3-5-15-13(10-11)14(7-9-21-15)18-16(19)6-4-12-2-1-8-20-12/h1-6,8,10,14H,7,9H2,(H,18,19)/b6-4+. The fourth-order valence-corrected chi connectivity index (χ4v) is 2.46. The van der Waals surface area contributed by atoms with Gasteiger partial charge in [0.05, 0.1) is 18.9 Å². The van der Waals surface area contributed by atoms with E-state index in [1.807, 2.05) is 12.1 Å². The number of halogens is 1. The van der Waals surface area contributed by atoms with Gasteiger partial charge >= 0.3 is 0 Å². The Balaban J connectivity index is 1.71. The van der Waals surface area contributed by atoms with E-state index in [0.717, 1.165) is 11.3 Å². The number of ether oxygens (including phenoxy) is 1. The lowest BCUT2D eigenvalue weighted by molar-refractivity contribution is -0.117. The highest BCUT2D eigenvalue weighted by Crippen LogP contribution is 2.33. The van der Waals surface area contributed by atoms with E-state index in [0.29, 0.717) is 23.8 Å².